The maximum atomic E-state index is 6.03. The van der Waals surface area contributed by atoms with Crippen molar-refractivity contribution in [1.29, 1.82) is 0 Å². The molecule has 0 aromatic heterocycles. The predicted molar refractivity (Wildman–Crippen MR) is 79.9 cm³/mol. The summed E-state index contributed by atoms with van der Waals surface area (Å²) in [5, 5.41) is 3.44. The SMILES string of the molecule is CNC(CC1OCCc2ccccc21)C1CCC(C)O1. The van der Waals surface area contributed by atoms with Gasteiger partial charge in [-0.05, 0) is 50.8 Å². The van der Waals surface area contributed by atoms with Gasteiger partial charge in [-0.15, -0.1) is 0 Å². The first kappa shape index (κ1) is 14.1. The number of benzene rings is 1. The van der Waals surface area contributed by atoms with Crippen molar-refractivity contribution in [2.24, 2.45) is 0 Å². The van der Waals surface area contributed by atoms with Gasteiger partial charge in [0.25, 0.3) is 0 Å². The summed E-state index contributed by atoms with van der Waals surface area (Å²) >= 11 is 0. The molecule has 1 N–H and O–H groups in total. The quantitative estimate of drug-likeness (QED) is 0.916. The normalized spacial score (nSPS) is 31.0. The first-order valence-corrected chi connectivity index (χ1v) is 7.80. The summed E-state index contributed by atoms with van der Waals surface area (Å²) in [5.74, 6) is 0. The lowest BCUT2D eigenvalue weighted by Crippen LogP contribution is -2.39. The summed E-state index contributed by atoms with van der Waals surface area (Å²) in [4.78, 5) is 0. The maximum absolute atomic E-state index is 6.03. The Morgan fingerprint density at radius 1 is 1.30 bits per heavy atom. The Hall–Kier alpha value is -0.900. The van der Waals surface area contributed by atoms with E-state index in [1.165, 1.54) is 17.5 Å². The summed E-state index contributed by atoms with van der Waals surface area (Å²) in [6, 6.07) is 9.05. The molecule has 0 aliphatic carbocycles. The number of hydrogen-bond acceptors (Lipinski definition) is 3. The van der Waals surface area contributed by atoms with Gasteiger partial charge in [-0.25, -0.2) is 0 Å². The van der Waals surface area contributed by atoms with Crippen LogP contribution >= 0.6 is 0 Å². The average Bonchev–Trinajstić information content (AvgIpc) is 2.91. The number of fused-ring (bicyclic) bond motifs is 1. The van der Waals surface area contributed by atoms with E-state index in [9.17, 15) is 0 Å². The third-order valence-corrected chi connectivity index (χ3v) is 4.64. The van der Waals surface area contributed by atoms with Crippen LogP contribution in [0.4, 0.5) is 0 Å². The van der Waals surface area contributed by atoms with Crippen LogP contribution in [0.2, 0.25) is 0 Å². The van der Waals surface area contributed by atoms with Gasteiger partial charge in [0.1, 0.15) is 0 Å². The molecule has 0 radical (unpaired) electrons. The topological polar surface area (TPSA) is 30.5 Å². The molecule has 3 rings (SSSR count). The highest BCUT2D eigenvalue weighted by molar-refractivity contribution is 5.31. The Labute approximate surface area is 121 Å². The Bertz CT molecular complexity index is 448. The molecule has 1 aromatic carbocycles. The minimum absolute atomic E-state index is 0.205. The molecule has 2 heterocycles. The summed E-state index contributed by atoms with van der Waals surface area (Å²) in [5.41, 5.74) is 2.81. The van der Waals surface area contributed by atoms with E-state index in [0.29, 0.717) is 18.2 Å². The van der Waals surface area contributed by atoms with Gasteiger partial charge in [-0.3, -0.25) is 0 Å². The van der Waals surface area contributed by atoms with Crippen LogP contribution < -0.4 is 5.32 Å². The third kappa shape index (κ3) is 2.90. The molecular weight excluding hydrogens is 250 g/mol. The number of ether oxygens (including phenoxy) is 2. The zero-order valence-electron chi connectivity index (χ0n) is 12.5. The second-order valence-corrected chi connectivity index (χ2v) is 6.00. The lowest BCUT2D eigenvalue weighted by atomic mass is 9.91. The molecule has 0 bridgehead atoms. The molecule has 4 atom stereocenters. The summed E-state index contributed by atoms with van der Waals surface area (Å²) in [6.45, 7) is 3.00. The Morgan fingerprint density at radius 2 is 2.15 bits per heavy atom. The van der Waals surface area contributed by atoms with Gasteiger partial charge in [0.05, 0.1) is 24.9 Å². The summed E-state index contributed by atoms with van der Waals surface area (Å²) in [7, 11) is 2.03. The van der Waals surface area contributed by atoms with Crippen molar-refractivity contribution in [1.82, 2.24) is 5.32 Å². The van der Waals surface area contributed by atoms with Crippen LogP contribution in [0.3, 0.4) is 0 Å². The highest BCUT2D eigenvalue weighted by Crippen LogP contribution is 2.33. The van der Waals surface area contributed by atoms with Crippen molar-refractivity contribution in [3.63, 3.8) is 0 Å². The summed E-state index contributed by atoms with van der Waals surface area (Å²) in [6.07, 6.45) is 5.28. The highest BCUT2D eigenvalue weighted by atomic mass is 16.5. The van der Waals surface area contributed by atoms with E-state index in [0.717, 1.165) is 25.9 Å². The molecule has 0 spiro atoms. The molecule has 1 aromatic rings. The minimum atomic E-state index is 0.205. The largest absolute Gasteiger partial charge is 0.374 e. The van der Waals surface area contributed by atoms with Crippen molar-refractivity contribution in [3.8, 4) is 0 Å². The van der Waals surface area contributed by atoms with Crippen molar-refractivity contribution in [2.75, 3.05) is 13.7 Å². The first-order chi connectivity index (χ1) is 9.78. The molecule has 1 fully saturated rings. The fraction of sp³-hybridized carbons (Fsp3) is 0.647. The fourth-order valence-electron chi connectivity index (χ4n) is 3.49. The number of hydrogen-bond donors (Lipinski definition) is 1. The number of rotatable bonds is 4. The number of likely N-dealkylation sites (N-methyl/N-ethyl adjacent to an activating group) is 1. The summed E-state index contributed by atoms with van der Waals surface area (Å²) < 4.78 is 12.1. The molecule has 0 saturated carbocycles. The monoisotopic (exact) mass is 275 g/mol. The fourth-order valence-corrected chi connectivity index (χ4v) is 3.49. The Morgan fingerprint density at radius 3 is 2.90 bits per heavy atom. The second kappa shape index (κ2) is 6.25. The standard InChI is InChI=1S/C17H25NO2/c1-12-7-8-16(20-12)15(18-2)11-17-14-6-4-3-5-13(14)9-10-19-17/h3-6,12,15-18H,7-11H2,1-2H3. The van der Waals surface area contributed by atoms with Gasteiger partial charge < -0.3 is 14.8 Å². The van der Waals surface area contributed by atoms with Crippen LogP contribution in [0.15, 0.2) is 24.3 Å². The van der Waals surface area contributed by atoms with Crippen LogP contribution in [0.25, 0.3) is 0 Å². The molecule has 3 heteroatoms. The van der Waals surface area contributed by atoms with E-state index in [4.69, 9.17) is 9.47 Å². The number of nitrogens with one attached hydrogen (secondary N) is 1. The average molecular weight is 275 g/mol. The second-order valence-electron chi connectivity index (χ2n) is 6.00. The van der Waals surface area contributed by atoms with Gasteiger partial charge in [-0.2, -0.15) is 0 Å². The third-order valence-electron chi connectivity index (χ3n) is 4.64. The van der Waals surface area contributed by atoms with Crippen molar-refractivity contribution < 1.29 is 9.47 Å². The van der Waals surface area contributed by atoms with Gasteiger partial charge >= 0.3 is 0 Å². The minimum Gasteiger partial charge on any atom is -0.374 e. The van der Waals surface area contributed by atoms with E-state index < -0.39 is 0 Å². The van der Waals surface area contributed by atoms with Gasteiger partial charge in [0.15, 0.2) is 0 Å². The predicted octanol–water partition coefficient (Wildman–Crippen LogP) is 2.85. The molecule has 110 valence electrons. The van der Waals surface area contributed by atoms with Gasteiger partial charge in [0, 0.05) is 6.04 Å². The van der Waals surface area contributed by atoms with Crippen molar-refractivity contribution in [2.45, 2.75) is 57.0 Å². The molecule has 2 aliphatic heterocycles. The molecule has 20 heavy (non-hydrogen) atoms. The van der Waals surface area contributed by atoms with E-state index in [2.05, 4.69) is 36.5 Å². The molecular formula is C17H25NO2. The lowest BCUT2D eigenvalue weighted by molar-refractivity contribution is -0.00690. The smallest absolute Gasteiger partial charge is 0.0843 e. The van der Waals surface area contributed by atoms with Crippen LogP contribution in [0, 0.1) is 0 Å². The van der Waals surface area contributed by atoms with Gasteiger partial charge in [-0.1, -0.05) is 24.3 Å². The molecule has 1 saturated heterocycles. The van der Waals surface area contributed by atoms with E-state index >= 15 is 0 Å². The molecule has 0 amide bonds. The van der Waals surface area contributed by atoms with Gasteiger partial charge in [0.2, 0.25) is 0 Å². The van der Waals surface area contributed by atoms with Crippen LogP contribution in [0.1, 0.15) is 43.4 Å². The zero-order valence-corrected chi connectivity index (χ0v) is 12.5. The van der Waals surface area contributed by atoms with Crippen LogP contribution in [0.5, 0.6) is 0 Å². The molecule has 2 aliphatic rings. The van der Waals surface area contributed by atoms with Crippen LogP contribution in [-0.4, -0.2) is 31.9 Å². The zero-order chi connectivity index (χ0) is 13.9. The van der Waals surface area contributed by atoms with E-state index in [1.807, 2.05) is 7.05 Å². The highest BCUT2D eigenvalue weighted by Gasteiger charge is 2.32. The lowest BCUT2D eigenvalue weighted by Gasteiger charge is -2.31. The van der Waals surface area contributed by atoms with Crippen molar-refractivity contribution >= 4 is 0 Å². The Kier molecular flexibility index (Phi) is 4.39. The molecule has 3 nitrogen and oxygen atoms in total. The maximum Gasteiger partial charge on any atom is 0.0843 e. The van der Waals surface area contributed by atoms with E-state index in [-0.39, 0.29) is 6.10 Å². The molecule has 4 unspecified atom stereocenters. The van der Waals surface area contributed by atoms with Crippen LogP contribution in [-0.2, 0) is 15.9 Å². The first-order valence-electron chi connectivity index (χ1n) is 7.80. The van der Waals surface area contributed by atoms with Crippen molar-refractivity contribution in [3.05, 3.63) is 35.4 Å². The van der Waals surface area contributed by atoms with E-state index in [1.54, 1.807) is 0 Å². The Balaban J connectivity index is 1.70.